The molecule has 1 N–H and O–H groups in total. The molecule has 0 fully saturated rings. The second-order valence-electron chi connectivity index (χ2n) is 4.94. The molecule has 0 aliphatic heterocycles. The molecule has 4 nitrogen and oxygen atoms in total. The van der Waals surface area contributed by atoms with Crippen molar-refractivity contribution < 1.29 is 13.9 Å². The normalized spacial score (nSPS) is 10.3. The third kappa shape index (κ3) is 3.36. The van der Waals surface area contributed by atoms with Gasteiger partial charge in [0.2, 0.25) is 0 Å². The fraction of sp³-hybridized carbons (Fsp3) is 0.111. The summed E-state index contributed by atoms with van der Waals surface area (Å²) in [5, 5.41) is 2.71. The van der Waals surface area contributed by atoms with E-state index in [2.05, 4.69) is 16.2 Å². The number of nitrogens with one attached hydrogen (secondary N) is 1. The van der Waals surface area contributed by atoms with Crippen LogP contribution in [0.5, 0.6) is 5.75 Å². The molecule has 0 radical (unpaired) electrons. The van der Waals surface area contributed by atoms with Gasteiger partial charge in [0.1, 0.15) is 6.61 Å². The van der Waals surface area contributed by atoms with E-state index in [0.717, 1.165) is 10.2 Å². The van der Waals surface area contributed by atoms with Gasteiger partial charge in [0, 0.05) is 17.7 Å². The largest absolute Gasteiger partial charge is 0.478 e. The molecule has 3 aromatic rings. The summed E-state index contributed by atoms with van der Waals surface area (Å²) in [5.74, 6) is 1.56. The summed E-state index contributed by atoms with van der Waals surface area (Å²) in [7, 11) is 0. The summed E-state index contributed by atoms with van der Waals surface area (Å²) in [5.41, 5.74) is 3.41. The Hall–Kier alpha value is -2.91. The summed E-state index contributed by atoms with van der Waals surface area (Å²) in [6.07, 6.45) is 5.10. The van der Waals surface area contributed by atoms with Gasteiger partial charge in [-0.25, -0.2) is 9.37 Å². The molecule has 0 aliphatic rings. The monoisotopic (exact) mass is 340 g/mol. The van der Waals surface area contributed by atoms with Crippen molar-refractivity contribution in [3.8, 4) is 18.1 Å². The number of terminal acetylenes is 1. The van der Waals surface area contributed by atoms with E-state index >= 15 is 0 Å². The number of carbonyl (C=O) groups excluding carboxylic acids is 1. The molecule has 1 heterocycles. The van der Waals surface area contributed by atoms with Gasteiger partial charge in [-0.3, -0.25) is 4.79 Å². The van der Waals surface area contributed by atoms with Crippen LogP contribution in [0.15, 0.2) is 41.9 Å². The molecule has 3 rings (SSSR count). The van der Waals surface area contributed by atoms with Crippen molar-refractivity contribution in [2.45, 2.75) is 6.54 Å². The predicted octanol–water partition coefficient (Wildman–Crippen LogP) is 3.38. The molecule has 1 amide bonds. The predicted molar refractivity (Wildman–Crippen MR) is 91.5 cm³/mol. The molecule has 0 unspecified atom stereocenters. The maximum absolute atomic E-state index is 14.3. The van der Waals surface area contributed by atoms with Gasteiger partial charge in [-0.15, -0.1) is 17.8 Å². The minimum Gasteiger partial charge on any atom is -0.478 e. The first-order valence-corrected chi connectivity index (χ1v) is 8.02. The number of benzene rings is 2. The number of ether oxygens (including phenoxy) is 1. The zero-order valence-electron chi connectivity index (χ0n) is 12.6. The number of aromatic nitrogens is 1. The molecular weight excluding hydrogens is 327 g/mol. The molecule has 6 heteroatoms. The van der Waals surface area contributed by atoms with Crippen LogP contribution in [0.2, 0.25) is 0 Å². The lowest BCUT2D eigenvalue weighted by atomic mass is 10.1. The van der Waals surface area contributed by atoms with Crippen LogP contribution >= 0.6 is 11.3 Å². The molecular formula is C18H13FN2O2S. The number of amides is 1. The van der Waals surface area contributed by atoms with Gasteiger partial charge in [0.15, 0.2) is 11.6 Å². The third-order valence-electron chi connectivity index (χ3n) is 3.39. The molecule has 0 saturated heterocycles. The SMILES string of the molecule is C#CCOc1cccc(CNC(=O)c2ccc3ncsc3c2)c1F. The number of rotatable bonds is 5. The number of nitrogens with zero attached hydrogens (tertiary/aromatic N) is 1. The van der Waals surface area contributed by atoms with Crippen LogP contribution in [0.1, 0.15) is 15.9 Å². The molecule has 0 saturated carbocycles. The van der Waals surface area contributed by atoms with Crippen LogP contribution < -0.4 is 10.1 Å². The molecule has 0 bridgehead atoms. The van der Waals surface area contributed by atoms with Gasteiger partial charge in [-0.1, -0.05) is 18.1 Å². The van der Waals surface area contributed by atoms with E-state index in [1.165, 1.54) is 17.4 Å². The Balaban J connectivity index is 1.71. The summed E-state index contributed by atoms with van der Waals surface area (Å²) < 4.78 is 20.3. The number of hydrogen-bond acceptors (Lipinski definition) is 4. The first-order valence-electron chi connectivity index (χ1n) is 7.14. The van der Waals surface area contributed by atoms with Crippen LogP contribution in [0, 0.1) is 18.2 Å². The Morgan fingerprint density at radius 1 is 1.38 bits per heavy atom. The molecule has 0 aliphatic carbocycles. The Morgan fingerprint density at radius 2 is 2.25 bits per heavy atom. The van der Waals surface area contributed by atoms with E-state index in [0.29, 0.717) is 11.1 Å². The molecule has 120 valence electrons. The van der Waals surface area contributed by atoms with Crippen molar-refractivity contribution >= 4 is 27.5 Å². The quantitative estimate of drug-likeness (QED) is 0.725. The number of carbonyl (C=O) groups is 1. The minimum atomic E-state index is -0.522. The van der Waals surface area contributed by atoms with E-state index in [9.17, 15) is 9.18 Å². The summed E-state index contributed by atoms with van der Waals surface area (Å²) in [4.78, 5) is 16.4. The highest BCUT2D eigenvalue weighted by Crippen LogP contribution is 2.21. The van der Waals surface area contributed by atoms with Crippen LogP contribution in [-0.4, -0.2) is 17.5 Å². The standard InChI is InChI=1S/C18H13FN2O2S/c1-2-8-23-15-5-3-4-13(17(15)19)10-20-18(22)12-6-7-14-16(9-12)24-11-21-14/h1,3-7,9,11H,8,10H2,(H,20,22). The fourth-order valence-corrected chi connectivity index (χ4v) is 2.91. The smallest absolute Gasteiger partial charge is 0.251 e. The van der Waals surface area contributed by atoms with Crippen LogP contribution in [0.4, 0.5) is 4.39 Å². The maximum atomic E-state index is 14.3. The van der Waals surface area contributed by atoms with Crippen molar-refractivity contribution in [2.75, 3.05) is 6.61 Å². The Labute approximate surface area is 142 Å². The highest BCUT2D eigenvalue weighted by Gasteiger charge is 2.12. The lowest BCUT2D eigenvalue weighted by molar-refractivity contribution is 0.0950. The highest BCUT2D eigenvalue weighted by molar-refractivity contribution is 7.16. The third-order valence-corrected chi connectivity index (χ3v) is 4.18. The Bertz CT molecular complexity index is 930. The zero-order valence-corrected chi connectivity index (χ0v) is 13.4. The Morgan fingerprint density at radius 3 is 3.08 bits per heavy atom. The minimum absolute atomic E-state index is 0.0123. The van der Waals surface area contributed by atoms with Gasteiger partial charge in [-0.2, -0.15) is 0 Å². The van der Waals surface area contributed by atoms with E-state index in [1.807, 2.05) is 0 Å². The molecule has 0 spiro atoms. The number of thiazole rings is 1. The first-order chi connectivity index (χ1) is 11.7. The van der Waals surface area contributed by atoms with Crippen LogP contribution in [0.25, 0.3) is 10.2 Å². The second-order valence-corrected chi connectivity index (χ2v) is 5.83. The van der Waals surface area contributed by atoms with Crippen LogP contribution in [-0.2, 0) is 6.54 Å². The van der Waals surface area contributed by atoms with Crippen molar-refractivity contribution in [2.24, 2.45) is 0 Å². The topological polar surface area (TPSA) is 51.2 Å². The maximum Gasteiger partial charge on any atom is 0.251 e. The van der Waals surface area contributed by atoms with E-state index in [-0.39, 0.29) is 24.8 Å². The van der Waals surface area contributed by atoms with Gasteiger partial charge < -0.3 is 10.1 Å². The van der Waals surface area contributed by atoms with E-state index in [1.54, 1.807) is 35.8 Å². The van der Waals surface area contributed by atoms with Crippen LogP contribution in [0.3, 0.4) is 0 Å². The zero-order chi connectivity index (χ0) is 16.9. The molecule has 1 aromatic heterocycles. The van der Waals surface area contributed by atoms with Crippen molar-refractivity contribution in [3.63, 3.8) is 0 Å². The highest BCUT2D eigenvalue weighted by atomic mass is 32.1. The lowest BCUT2D eigenvalue weighted by Gasteiger charge is -2.10. The van der Waals surface area contributed by atoms with Gasteiger partial charge >= 0.3 is 0 Å². The van der Waals surface area contributed by atoms with Gasteiger partial charge in [0.25, 0.3) is 5.91 Å². The van der Waals surface area contributed by atoms with Crippen molar-refractivity contribution in [1.29, 1.82) is 0 Å². The van der Waals surface area contributed by atoms with Crippen molar-refractivity contribution in [1.82, 2.24) is 10.3 Å². The lowest BCUT2D eigenvalue weighted by Crippen LogP contribution is -2.23. The van der Waals surface area contributed by atoms with E-state index in [4.69, 9.17) is 11.2 Å². The van der Waals surface area contributed by atoms with E-state index < -0.39 is 5.82 Å². The Kier molecular flexibility index (Phi) is 4.73. The van der Waals surface area contributed by atoms with Crippen molar-refractivity contribution in [3.05, 3.63) is 58.9 Å². The average Bonchev–Trinajstić information content (AvgIpc) is 3.07. The second kappa shape index (κ2) is 7.11. The summed E-state index contributed by atoms with van der Waals surface area (Å²) in [6, 6.07) is 9.99. The van der Waals surface area contributed by atoms with Gasteiger partial charge in [0.05, 0.1) is 15.7 Å². The summed E-state index contributed by atoms with van der Waals surface area (Å²) >= 11 is 1.46. The molecule has 0 atom stereocenters. The number of halogens is 1. The average molecular weight is 340 g/mol. The fourth-order valence-electron chi connectivity index (χ4n) is 2.20. The first kappa shape index (κ1) is 16.0. The summed E-state index contributed by atoms with van der Waals surface area (Å²) in [6.45, 7) is 0.0419. The molecule has 2 aromatic carbocycles. The van der Waals surface area contributed by atoms with Gasteiger partial charge in [-0.05, 0) is 24.3 Å². The number of fused-ring (bicyclic) bond motifs is 1. The number of hydrogen-bond donors (Lipinski definition) is 1. The molecule has 24 heavy (non-hydrogen) atoms.